The van der Waals surface area contributed by atoms with Gasteiger partial charge in [-0.3, -0.25) is 0 Å². The smallest absolute Gasteiger partial charge is 0.227 e. The minimum Gasteiger partial charge on any atom is -0.373 e. The van der Waals surface area contributed by atoms with Crippen LogP contribution in [0.25, 0.3) is 0 Å². The molecule has 3 atom stereocenters. The van der Waals surface area contributed by atoms with E-state index in [4.69, 9.17) is 15.0 Å². The average molecular weight is 265 g/mol. The largest absolute Gasteiger partial charge is 0.373 e. The van der Waals surface area contributed by atoms with Crippen LogP contribution in [0.3, 0.4) is 0 Å². The number of hydrogen-bond acceptors (Lipinski definition) is 5. The molecule has 0 radical (unpaired) electrons. The quantitative estimate of drug-likeness (QED) is 0.883. The molecule has 0 amide bonds. The number of ether oxygens (including phenoxy) is 1. The van der Waals surface area contributed by atoms with Crippen molar-refractivity contribution in [1.29, 1.82) is 0 Å². The van der Waals surface area contributed by atoms with E-state index in [2.05, 4.69) is 10.1 Å². The van der Waals surface area contributed by atoms with Gasteiger partial charge in [0, 0.05) is 19.6 Å². The number of hydrogen-bond donors (Lipinski definition) is 1. The van der Waals surface area contributed by atoms with E-state index in [1.165, 1.54) is 32.1 Å². The predicted molar refractivity (Wildman–Crippen MR) is 70.4 cm³/mol. The first-order valence-electron chi connectivity index (χ1n) is 7.38. The Hall–Kier alpha value is -0.940. The molecule has 5 nitrogen and oxygen atoms in total. The Morgan fingerprint density at radius 2 is 2.11 bits per heavy atom. The van der Waals surface area contributed by atoms with Gasteiger partial charge >= 0.3 is 0 Å². The molecular formula is C14H23N3O2. The highest BCUT2D eigenvalue weighted by atomic mass is 16.5. The molecule has 3 rings (SSSR count). The zero-order chi connectivity index (χ0) is 13.2. The monoisotopic (exact) mass is 265 g/mol. The van der Waals surface area contributed by atoms with Crippen molar-refractivity contribution in [3.63, 3.8) is 0 Å². The second-order valence-electron chi connectivity index (χ2n) is 5.95. The summed E-state index contributed by atoms with van der Waals surface area (Å²) in [6.07, 6.45) is 8.05. The third-order valence-electron chi connectivity index (χ3n) is 4.45. The molecule has 2 saturated carbocycles. The van der Waals surface area contributed by atoms with Crippen molar-refractivity contribution in [1.82, 2.24) is 10.1 Å². The van der Waals surface area contributed by atoms with Crippen molar-refractivity contribution in [3.05, 3.63) is 11.7 Å². The van der Waals surface area contributed by atoms with Crippen LogP contribution in [0.15, 0.2) is 4.52 Å². The normalized spacial score (nSPS) is 29.4. The van der Waals surface area contributed by atoms with Crippen LogP contribution in [-0.4, -0.2) is 23.3 Å². The number of aromatic nitrogens is 2. The van der Waals surface area contributed by atoms with Crippen molar-refractivity contribution >= 4 is 0 Å². The van der Waals surface area contributed by atoms with E-state index in [0.717, 1.165) is 18.7 Å². The van der Waals surface area contributed by atoms with E-state index in [1.54, 1.807) is 7.11 Å². The highest BCUT2D eigenvalue weighted by Crippen LogP contribution is 2.42. The van der Waals surface area contributed by atoms with Gasteiger partial charge in [-0.15, -0.1) is 0 Å². The molecule has 0 bridgehead atoms. The van der Waals surface area contributed by atoms with Gasteiger partial charge in [-0.2, -0.15) is 4.98 Å². The van der Waals surface area contributed by atoms with E-state index in [0.29, 0.717) is 17.7 Å². The predicted octanol–water partition coefficient (Wildman–Crippen LogP) is 2.23. The van der Waals surface area contributed by atoms with Gasteiger partial charge < -0.3 is 15.0 Å². The molecule has 0 aromatic carbocycles. The topological polar surface area (TPSA) is 74.2 Å². The number of nitrogens with two attached hydrogens (primary N) is 1. The summed E-state index contributed by atoms with van der Waals surface area (Å²) in [6, 6.07) is 0.283. The molecule has 0 spiro atoms. The molecule has 2 N–H and O–H groups in total. The number of rotatable bonds is 5. The Bertz CT molecular complexity index is 417. The standard InChI is InChI=1S/C14H23N3O2/c1-18-13(9-6-7-9)14-16-12(19-17-14)8-10-4-2-3-5-11(10)15/h9-11,13H,2-8,15H2,1H3. The van der Waals surface area contributed by atoms with Gasteiger partial charge in [0.25, 0.3) is 0 Å². The summed E-state index contributed by atoms with van der Waals surface area (Å²) in [5.74, 6) is 2.50. The minimum absolute atomic E-state index is 0.0116. The van der Waals surface area contributed by atoms with Crippen LogP contribution in [0, 0.1) is 11.8 Å². The molecule has 19 heavy (non-hydrogen) atoms. The lowest BCUT2D eigenvalue weighted by molar-refractivity contribution is 0.0751. The maximum absolute atomic E-state index is 6.16. The Labute approximate surface area is 113 Å². The van der Waals surface area contributed by atoms with Gasteiger partial charge in [0.1, 0.15) is 6.10 Å². The minimum atomic E-state index is 0.0116. The Kier molecular flexibility index (Phi) is 3.84. The molecule has 1 aromatic rings. The zero-order valence-corrected chi connectivity index (χ0v) is 11.5. The lowest BCUT2D eigenvalue weighted by Gasteiger charge is -2.27. The van der Waals surface area contributed by atoms with E-state index in [1.807, 2.05) is 0 Å². The first kappa shape index (κ1) is 13.1. The van der Waals surface area contributed by atoms with Gasteiger partial charge in [0.05, 0.1) is 0 Å². The fourth-order valence-corrected chi connectivity index (χ4v) is 3.09. The maximum Gasteiger partial charge on any atom is 0.227 e. The summed E-state index contributed by atoms with van der Waals surface area (Å²) in [5, 5.41) is 4.09. The van der Waals surface area contributed by atoms with Crippen LogP contribution < -0.4 is 5.73 Å². The van der Waals surface area contributed by atoms with Crippen LogP contribution in [0.5, 0.6) is 0 Å². The SMILES string of the molecule is COC(c1noc(CC2CCCCC2N)n1)C1CC1. The zero-order valence-electron chi connectivity index (χ0n) is 11.5. The van der Waals surface area contributed by atoms with Crippen molar-refractivity contribution < 1.29 is 9.26 Å². The first-order valence-corrected chi connectivity index (χ1v) is 7.38. The average Bonchev–Trinajstić information content (AvgIpc) is 3.14. The van der Waals surface area contributed by atoms with Gasteiger partial charge in [0.15, 0.2) is 0 Å². The van der Waals surface area contributed by atoms with Crippen LogP contribution in [0.2, 0.25) is 0 Å². The lowest BCUT2D eigenvalue weighted by atomic mass is 9.83. The summed E-state index contributed by atoms with van der Waals surface area (Å²) in [6.45, 7) is 0. The fourth-order valence-electron chi connectivity index (χ4n) is 3.09. The lowest BCUT2D eigenvalue weighted by Crippen LogP contribution is -2.34. The van der Waals surface area contributed by atoms with E-state index in [9.17, 15) is 0 Å². The molecule has 0 saturated heterocycles. The van der Waals surface area contributed by atoms with Crippen LogP contribution in [0.4, 0.5) is 0 Å². The highest BCUT2D eigenvalue weighted by Gasteiger charge is 2.36. The van der Waals surface area contributed by atoms with Crippen molar-refractivity contribution in [2.45, 2.75) is 57.1 Å². The summed E-state index contributed by atoms with van der Waals surface area (Å²) in [7, 11) is 1.72. The molecule has 2 fully saturated rings. The summed E-state index contributed by atoms with van der Waals surface area (Å²) >= 11 is 0. The molecule has 2 aliphatic carbocycles. The van der Waals surface area contributed by atoms with Crippen LogP contribution in [0.1, 0.15) is 56.3 Å². The van der Waals surface area contributed by atoms with Crippen LogP contribution >= 0.6 is 0 Å². The number of methoxy groups -OCH3 is 1. The van der Waals surface area contributed by atoms with Gasteiger partial charge in [-0.1, -0.05) is 18.0 Å². The third-order valence-corrected chi connectivity index (χ3v) is 4.45. The van der Waals surface area contributed by atoms with Gasteiger partial charge in [-0.25, -0.2) is 0 Å². The third kappa shape index (κ3) is 2.98. The molecule has 5 heteroatoms. The number of nitrogens with zero attached hydrogens (tertiary/aromatic N) is 2. The molecule has 1 heterocycles. The Morgan fingerprint density at radius 1 is 1.32 bits per heavy atom. The first-order chi connectivity index (χ1) is 9.28. The summed E-state index contributed by atoms with van der Waals surface area (Å²) in [4.78, 5) is 4.51. The van der Waals surface area contributed by atoms with Crippen molar-refractivity contribution in [2.24, 2.45) is 17.6 Å². The highest BCUT2D eigenvalue weighted by molar-refractivity contribution is 4.99. The molecule has 3 unspecified atom stereocenters. The molecule has 106 valence electrons. The van der Waals surface area contributed by atoms with Gasteiger partial charge in [-0.05, 0) is 37.5 Å². The second kappa shape index (κ2) is 5.59. The van der Waals surface area contributed by atoms with Gasteiger partial charge in [0.2, 0.25) is 11.7 Å². The Morgan fingerprint density at radius 3 is 2.79 bits per heavy atom. The van der Waals surface area contributed by atoms with Crippen molar-refractivity contribution in [2.75, 3.05) is 7.11 Å². The van der Waals surface area contributed by atoms with E-state index >= 15 is 0 Å². The Balaban J connectivity index is 1.63. The summed E-state index contributed by atoms with van der Waals surface area (Å²) in [5.41, 5.74) is 6.16. The van der Waals surface area contributed by atoms with E-state index in [-0.39, 0.29) is 12.1 Å². The molecule has 2 aliphatic rings. The maximum atomic E-state index is 6.16. The van der Waals surface area contributed by atoms with Crippen molar-refractivity contribution in [3.8, 4) is 0 Å². The second-order valence-corrected chi connectivity index (χ2v) is 5.95. The molecule has 1 aromatic heterocycles. The molecule has 0 aliphatic heterocycles. The van der Waals surface area contributed by atoms with Crippen LogP contribution in [-0.2, 0) is 11.2 Å². The summed E-state index contributed by atoms with van der Waals surface area (Å²) < 4.78 is 10.9. The molecular weight excluding hydrogens is 242 g/mol. The van der Waals surface area contributed by atoms with E-state index < -0.39 is 0 Å². The fraction of sp³-hybridized carbons (Fsp3) is 0.857.